The summed E-state index contributed by atoms with van der Waals surface area (Å²) in [7, 11) is 0. The molecule has 120 valence electrons. The number of halogens is 1. The van der Waals surface area contributed by atoms with Crippen LogP contribution in [0.2, 0.25) is 0 Å². The van der Waals surface area contributed by atoms with Crippen molar-refractivity contribution >= 4 is 5.97 Å². The van der Waals surface area contributed by atoms with Crippen molar-refractivity contribution < 1.29 is 19.0 Å². The zero-order valence-electron chi connectivity index (χ0n) is 12.8. The second kappa shape index (κ2) is 6.38. The number of ether oxygens (including phenoxy) is 1. The second-order valence-corrected chi connectivity index (χ2v) is 5.62. The maximum absolute atomic E-state index is 13.8. The number of hydrogen-bond donors (Lipinski definition) is 2. The summed E-state index contributed by atoms with van der Waals surface area (Å²) in [5.41, 5.74) is 2.89. The molecule has 0 unspecified atom stereocenters. The highest BCUT2D eigenvalue weighted by molar-refractivity contribution is 5.72. The molecule has 5 heteroatoms. The monoisotopic (exact) mass is 315 g/mol. The van der Waals surface area contributed by atoms with E-state index >= 15 is 0 Å². The van der Waals surface area contributed by atoms with Crippen LogP contribution in [0.15, 0.2) is 42.5 Å². The summed E-state index contributed by atoms with van der Waals surface area (Å²) >= 11 is 0. The predicted octanol–water partition coefficient (Wildman–Crippen LogP) is 2.91. The van der Waals surface area contributed by atoms with Gasteiger partial charge in [0, 0.05) is 12.1 Å². The Morgan fingerprint density at radius 3 is 2.87 bits per heavy atom. The Bertz CT molecular complexity index is 732. The molecule has 0 saturated carbocycles. The van der Waals surface area contributed by atoms with E-state index in [2.05, 4.69) is 11.4 Å². The summed E-state index contributed by atoms with van der Waals surface area (Å²) < 4.78 is 19.3. The van der Waals surface area contributed by atoms with Gasteiger partial charge in [-0.15, -0.1) is 0 Å². The van der Waals surface area contributed by atoms with Crippen LogP contribution in [0, 0.1) is 5.82 Å². The molecule has 0 amide bonds. The molecule has 4 nitrogen and oxygen atoms in total. The fraction of sp³-hybridized carbons (Fsp3) is 0.278. The third-order valence-electron chi connectivity index (χ3n) is 4.04. The van der Waals surface area contributed by atoms with E-state index in [1.165, 1.54) is 30.7 Å². The Balaban J connectivity index is 2.03. The molecule has 2 atom stereocenters. The molecule has 0 bridgehead atoms. The van der Waals surface area contributed by atoms with E-state index in [9.17, 15) is 9.18 Å². The maximum atomic E-state index is 13.8. The van der Waals surface area contributed by atoms with Crippen LogP contribution in [0.4, 0.5) is 4.39 Å². The van der Waals surface area contributed by atoms with Crippen LogP contribution in [-0.2, 0) is 11.2 Å². The van der Waals surface area contributed by atoms with Crippen LogP contribution in [0.5, 0.6) is 5.75 Å². The van der Waals surface area contributed by atoms with Crippen molar-refractivity contribution in [3.05, 3.63) is 65.0 Å². The molecule has 1 aliphatic rings. The number of carboxylic acid groups (broad SMARTS) is 1. The van der Waals surface area contributed by atoms with Crippen LogP contribution in [-0.4, -0.2) is 23.7 Å². The Hall–Kier alpha value is -2.40. The summed E-state index contributed by atoms with van der Waals surface area (Å²) in [4.78, 5) is 11.0. The lowest BCUT2D eigenvalue weighted by atomic mass is 9.89. The average Bonchev–Trinajstić information content (AvgIpc) is 2.56. The lowest BCUT2D eigenvalue weighted by Crippen LogP contribution is -2.31. The van der Waals surface area contributed by atoms with Crippen molar-refractivity contribution in [3.63, 3.8) is 0 Å². The van der Waals surface area contributed by atoms with Gasteiger partial charge in [-0.2, -0.15) is 0 Å². The van der Waals surface area contributed by atoms with Gasteiger partial charge in [-0.25, -0.2) is 9.18 Å². The Morgan fingerprint density at radius 1 is 1.30 bits per heavy atom. The largest absolute Gasteiger partial charge is 0.479 e. The predicted molar refractivity (Wildman–Crippen MR) is 84.1 cm³/mol. The fourth-order valence-corrected chi connectivity index (χ4v) is 2.88. The molecule has 23 heavy (non-hydrogen) atoms. The number of rotatable bonds is 4. The summed E-state index contributed by atoms with van der Waals surface area (Å²) in [6, 6.07) is 11.9. The van der Waals surface area contributed by atoms with E-state index < -0.39 is 12.1 Å². The number of carbonyl (C=O) groups is 1. The third kappa shape index (κ3) is 3.19. The van der Waals surface area contributed by atoms with E-state index in [0.717, 1.165) is 18.5 Å². The summed E-state index contributed by atoms with van der Waals surface area (Å²) in [6.45, 7) is 2.23. The quantitative estimate of drug-likeness (QED) is 0.911. The van der Waals surface area contributed by atoms with E-state index in [1.807, 2.05) is 18.2 Å². The van der Waals surface area contributed by atoms with Crippen LogP contribution < -0.4 is 10.1 Å². The van der Waals surface area contributed by atoms with Gasteiger partial charge >= 0.3 is 5.97 Å². The minimum Gasteiger partial charge on any atom is -0.479 e. The van der Waals surface area contributed by atoms with Gasteiger partial charge in [0.05, 0.1) is 6.04 Å². The van der Waals surface area contributed by atoms with Gasteiger partial charge in [0.1, 0.15) is 11.6 Å². The summed E-state index contributed by atoms with van der Waals surface area (Å²) in [5.74, 6) is -1.05. The highest BCUT2D eigenvalue weighted by Gasteiger charge is 2.25. The van der Waals surface area contributed by atoms with Crippen molar-refractivity contribution in [3.8, 4) is 5.75 Å². The van der Waals surface area contributed by atoms with Gasteiger partial charge < -0.3 is 15.2 Å². The maximum Gasteiger partial charge on any atom is 0.344 e. The molecule has 0 aliphatic carbocycles. The Labute approximate surface area is 133 Å². The lowest BCUT2D eigenvalue weighted by molar-refractivity contribution is -0.144. The van der Waals surface area contributed by atoms with Crippen molar-refractivity contribution in [1.82, 2.24) is 5.32 Å². The molecule has 0 spiro atoms. The zero-order chi connectivity index (χ0) is 16.4. The van der Waals surface area contributed by atoms with Crippen molar-refractivity contribution in [2.45, 2.75) is 25.5 Å². The van der Waals surface area contributed by atoms with Gasteiger partial charge in [0.25, 0.3) is 0 Å². The van der Waals surface area contributed by atoms with Crippen LogP contribution in [0.3, 0.4) is 0 Å². The number of fused-ring (bicyclic) bond motifs is 1. The van der Waals surface area contributed by atoms with Gasteiger partial charge in [-0.3, -0.25) is 0 Å². The van der Waals surface area contributed by atoms with Gasteiger partial charge in [0.15, 0.2) is 6.10 Å². The first-order valence-corrected chi connectivity index (χ1v) is 7.56. The molecule has 2 N–H and O–H groups in total. The lowest BCUT2D eigenvalue weighted by Gasteiger charge is -2.29. The molecule has 0 fully saturated rings. The fourth-order valence-electron chi connectivity index (χ4n) is 2.88. The van der Waals surface area contributed by atoms with E-state index in [0.29, 0.717) is 11.3 Å². The zero-order valence-corrected chi connectivity index (χ0v) is 12.8. The van der Waals surface area contributed by atoms with Crippen LogP contribution in [0.25, 0.3) is 0 Å². The summed E-state index contributed by atoms with van der Waals surface area (Å²) in [6.07, 6.45) is -0.0954. The molecule has 3 rings (SSSR count). The molecule has 2 aromatic rings. The number of hydrogen-bond acceptors (Lipinski definition) is 3. The van der Waals surface area contributed by atoms with Crippen molar-refractivity contribution in [2.75, 3.05) is 6.54 Å². The molecular weight excluding hydrogens is 297 g/mol. The first kappa shape index (κ1) is 15.5. The molecule has 1 aliphatic heterocycles. The van der Waals surface area contributed by atoms with E-state index in [1.54, 1.807) is 0 Å². The van der Waals surface area contributed by atoms with Gasteiger partial charge in [0.2, 0.25) is 0 Å². The first-order chi connectivity index (χ1) is 11.1. The Morgan fingerprint density at radius 2 is 2.09 bits per heavy atom. The molecule has 0 radical (unpaired) electrons. The van der Waals surface area contributed by atoms with Crippen LogP contribution in [0.1, 0.15) is 29.7 Å². The Kier molecular flexibility index (Phi) is 4.30. The van der Waals surface area contributed by atoms with Gasteiger partial charge in [-0.05, 0) is 42.7 Å². The van der Waals surface area contributed by atoms with Gasteiger partial charge in [-0.1, -0.05) is 24.3 Å². The third-order valence-corrected chi connectivity index (χ3v) is 4.04. The summed E-state index contributed by atoms with van der Waals surface area (Å²) in [5, 5.41) is 12.4. The van der Waals surface area contributed by atoms with Crippen LogP contribution >= 0.6 is 0 Å². The number of carboxylic acids is 1. The normalized spacial score (nSPS) is 18.1. The van der Waals surface area contributed by atoms with E-state index in [4.69, 9.17) is 9.84 Å². The molecule has 0 saturated heterocycles. The highest BCUT2D eigenvalue weighted by Crippen LogP contribution is 2.35. The van der Waals surface area contributed by atoms with E-state index in [-0.39, 0.29) is 11.9 Å². The van der Waals surface area contributed by atoms with Crippen molar-refractivity contribution in [2.24, 2.45) is 0 Å². The topological polar surface area (TPSA) is 58.6 Å². The highest BCUT2D eigenvalue weighted by atomic mass is 19.1. The number of aliphatic carboxylic acids is 1. The minimum absolute atomic E-state index is 0.216. The first-order valence-electron chi connectivity index (χ1n) is 7.56. The van der Waals surface area contributed by atoms with Crippen molar-refractivity contribution in [1.29, 1.82) is 0 Å². The molecule has 1 heterocycles. The standard InChI is InChI=1S/C18H18FNO3/c1-11(18(21)22)23-16-7-6-13(19)10-15(16)17-14-5-3-2-4-12(14)8-9-20-17/h2-7,10-11,17,20H,8-9H2,1H3,(H,21,22)/t11-,17+/m1/s1. The molecular formula is C18H18FNO3. The number of nitrogens with one attached hydrogen (secondary N) is 1. The molecule has 2 aromatic carbocycles. The molecule has 0 aromatic heterocycles. The second-order valence-electron chi connectivity index (χ2n) is 5.62. The SMILES string of the molecule is C[C@@H](Oc1ccc(F)cc1[C@H]1NCCc2ccccc21)C(=O)O. The smallest absolute Gasteiger partial charge is 0.344 e. The average molecular weight is 315 g/mol. The number of benzene rings is 2. The minimum atomic E-state index is -1.06.